The zero-order chi connectivity index (χ0) is 18.4. The van der Waals surface area contributed by atoms with E-state index in [0.29, 0.717) is 18.1 Å². The van der Waals surface area contributed by atoms with Crippen LogP contribution in [0.1, 0.15) is 13.3 Å². The Bertz CT molecular complexity index is 907. The smallest absolute Gasteiger partial charge is 0.349 e. The first-order valence-corrected chi connectivity index (χ1v) is 9.19. The molecular weight excluding hydrogens is 396 g/mol. The van der Waals surface area contributed by atoms with Crippen molar-refractivity contribution >= 4 is 32.7 Å². The fourth-order valence-corrected chi connectivity index (χ4v) is 2.81. The van der Waals surface area contributed by atoms with E-state index in [4.69, 9.17) is 14.2 Å². The Labute approximate surface area is 160 Å². The molecule has 0 aliphatic rings. The van der Waals surface area contributed by atoms with E-state index in [9.17, 15) is 4.79 Å². The van der Waals surface area contributed by atoms with E-state index in [0.717, 1.165) is 27.4 Å². The molecule has 0 bridgehead atoms. The molecule has 0 saturated heterocycles. The molecule has 3 aromatic carbocycles. The fraction of sp³-hybridized carbons (Fsp3) is 0.190. The minimum absolute atomic E-state index is 0.171. The van der Waals surface area contributed by atoms with Crippen LogP contribution in [0.2, 0.25) is 0 Å². The van der Waals surface area contributed by atoms with Gasteiger partial charge in [-0.3, -0.25) is 0 Å². The number of benzene rings is 3. The van der Waals surface area contributed by atoms with Gasteiger partial charge in [-0.1, -0.05) is 41.1 Å². The molecule has 0 fully saturated rings. The van der Waals surface area contributed by atoms with E-state index >= 15 is 0 Å². The molecule has 0 saturated carbocycles. The van der Waals surface area contributed by atoms with Crippen LogP contribution in [0.3, 0.4) is 0 Å². The largest absolute Gasteiger partial charge is 0.493 e. The SMILES string of the molecule is CCCOc1cccc(OCC(=O)Oc2ccc3cc(Br)ccc3c2)c1. The second-order valence-corrected chi connectivity index (χ2v) is 6.66. The van der Waals surface area contributed by atoms with E-state index in [1.54, 1.807) is 18.2 Å². The van der Waals surface area contributed by atoms with Crippen molar-refractivity contribution in [3.05, 3.63) is 65.1 Å². The molecule has 0 unspecified atom stereocenters. The summed E-state index contributed by atoms with van der Waals surface area (Å²) in [6.45, 7) is 2.52. The third-order valence-electron chi connectivity index (χ3n) is 3.64. The lowest BCUT2D eigenvalue weighted by atomic mass is 10.1. The molecule has 5 heteroatoms. The normalized spacial score (nSPS) is 10.5. The van der Waals surface area contributed by atoms with Gasteiger partial charge in [-0.2, -0.15) is 0 Å². The fourth-order valence-electron chi connectivity index (χ4n) is 2.44. The van der Waals surface area contributed by atoms with Gasteiger partial charge in [0.15, 0.2) is 6.61 Å². The van der Waals surface area contributed by atoms with Gasteiger partial charge in [-0.25, -0.2) is 4.79 Å². The summed E-state index contributed by atoms with van der Waals surface area (Å²) < 4.78 is 17.4. The number of fused-ring (bicyclic) bond motifs is 1. The average molecular weight is 415 g/mol. The molecule has 4 nitrogen and oxygen atoms in total. The van der Waals surface area contributed by atoms with Gasteiger partial charge >= 0.3 is 5.97 Å². The van der Waals surface area contributed by atoms with Gasteiger partial charge in [0.1, 0.15) is 17.2 Å². The number of hydrogen-bond acceptors (Lipinski definition) is 4. The lowest BCUT2D eigenvalue weighted by molar-refractivity contribution is -0.136. The molecule has 26 heavy (non-hydrogen) atoms. The highest BCUT2D eigenvalue weighted by molar-refractivity contribution is 9.10. The Morgan fingerprint density at radius 1 is 0.885 bits per heavy atom. The van der Waals surface area contributed by atoms with Crippen LogP contribution in [0.15, 0.2) is 65.1 Å². The highest BCUT2D eigenvalue weighted by atomic mass is 79.9. The third kappa shape index (κ3) is 4.99. The van der Waals surface area contributed by atoms with Crippen LogP contribution in [-0.2, 0) is 4.79 Å². The summed E-state index contributed by atoms with van der Waals surface area (Å²) in [5.41, 5.74) is 0. The molecule has 0 heterocycles. The van der Waals surface area contributed by atoms with Crippen LogP contribution in [-0.4, -0.2) is 19.2 Å². The monoisotopic (exact) mass is 414 g/mol. The lowest BCUT2D eigenvalue weighted by Crippen LogP contribution is -2.17. The number of carbonyl (C=O) groups is 1. The number of rotatable bonds is 7. The van der Waals surface area contributed by atoms with Crippen molar-refractivity contribution in [2.24, 2.45) is 0 Å². The molecule has 0 aliphatic heterocycles. The first kappa shape index (κ1) is 18.3. The minimum atomic E-state index is -0.457. The first-order chi connectivity index (χ1) is 12.6. The summed E-state index contributed by atoms with van der Waals surface area (Å²) in [7, 11) is 0. The molecule has 0 aromatic heterocycles. The third-order valence-corrected chi connectivity index (χ3v) is 4.13. The van der Waals surface area contributed by atoms with E-state index in [2.05, 4.69) is 15.9 Å². The standard InChI is InChI=1S/C21H19BrO4/c1-2-10-24-18-4-3-5-19(13-18)25-14-21(23)26-20-9-7-15-11-17(22)8-6-16(15)12-20/h3-9,11-13H,2,10,14H2,1H3. The number of esters is 1. The van der Waals surface area contributed by atoms with Crippen molar-refractivity contribution in [2.75, 3.05) is 13.2 Å². The Kier molecular flexibility index (Phi) is 6.12. The van der Waals surface area contributed by atoms with E-state index < -0.39 is 5.97 Å². The van der Waals surface area contributed by atoms with Gasteiger partial charge in [-0.15, -0.1) is 0 Å². The van der Waals surface area contributed by atoms with Gasteiger partial charge in [0.25, 0.3) is 0 Å². The summed E-state index contributed by atoms with van der Waals surface area (Å²) in [4.78, 5) is 12.0. The van der Waals surface area contributed by atoms with Gasteiger partial charge in [0, 0.05) is 10.5 Å². The van der Waals surface area contributed by atoms with Crippen LogP contribution in [0.25, 0.3) is 10.8 Å². The lowest BCUT2D eigenvalue weighted by Gasteiger charge is -2.09. The summed E-state index contributed by atoms with van der Waals surface area (Å²) in [5, 5.41) is 2.07. The molecule has 0 N–H and O–H groups in total. The van der Waals surface area contributed by atoms with E-state index in [1.165, 1.54) is 0 Å². The van der Waals surface area contributed by atoms with Crippen molar-refractivity contribution in [1.82, 2.24) is 0 Å². The second kappa shape index (κ2) is 8.72. The molecular formula is C21H19BrO4. The number of carbonyl (C=O) groups excluding carboxylic acids is 1. The number of hydrogen-bond donors (Lipinski definition) is 0. The molecule has 0 atom stereocenters. The van der Waals surface area contributed by atoms with Gasteiger partial charge in [-0.05, 0) is 53.6 Å². The number of ether oxygens (including phenoxy) is 3. The van der Waals surface area contributed by atoms with Gasteiger partial charge in [0.2, 0.25) is 0 Å². The van der Waals surface area contributed by atoms with Crippen LogP contribution in [0.5, 0.6) is 17.2 Å². The summed E-state index contributed by atoms with van der Waals surface area (Å²) >= 11 is 3.44. The minimum Gasteiger partial charge on any atom is -0.493 e. The number of halogens is 1. The zero-order valence-corrected chi connectivity index (χ0v) is 16.0. The highest BCUT2D eigenvalue weighted by Crippen LogP contribution is 2.24. The first-order valence-electron chi connectivity index (χ1n) is 8.40. The summed E-state index contributed by atoms with van der Waals surface area (Å²) in [6.07, 6.45) is 0.931. The van der Waals surface area contributed by atoms with Crippen molar-refractivity contribution in [3.8, 4) is 17.2 Å². The Morgan fingerprint density at radius 2 is 1.62 bits per heavy atom. The van der Waals surface area contributed by atoms with Crippen molar-refractivity contribution < 1.29 is 19.0 Å². The maximum absolute atomic E-state index is 12.0. The summed E-state index contributed by atoms with van der Waals surface area (Å²) in [5.74, 6) is 1.33. The van der Waals surface area contributed by atoms with Crippen LogP contribution >= 0.6 is 15.9 Å². The molecule has 0 aliphatic carbocycles. The van der Waals surface area contributed by atoms with Gasteiger partial charge < -0.3 is 14.2 Å². The van der Waals surface area contributed by atoms with Crippen molar-refractivity contribution in [2.45, 2.75) is 13.3 Å². The Hall–Kier alpha value is -2.53. The molecule has 3 aromatic rings. The highest BCUT2D eigenvalue weighted by Gasteiger charge is 2.08. The van der Waals surface area contributed by atoms with Crippen LogP contribution in [0, 0.1) is 0 Å². The predicted octanol–water partition coefficient (Wildman–Crippen LogP) is 5.38. The Balaban J connectivity index is 1.58. The second-order valence-electron chi connectivity index (χ2n) is 5.74. The van der Waals surface area contributed by atoms with E-state index in [-0.39, 0.29) is 6.61 Å². The van der Waals surface area contributed by atoms with Crippen molar-refractivity contribution in [3.63, 3.8) is 0 Å². The van der Waals surface area contributed by atoms with Crippen LogP contribution < -0.4 is 14.2 Å². The molecule has 0 amide bonds. The van der Waals surface area contributed by atoms with Crippen molar-refractivity contribution in [1.29, 1.82) is 0 Å². The Morgan fingerprint density at radius 3 is 2.42 bits per heavy atom. The quantitative estimate of drug-likeness (QED) is 0.384. The maximum Gasteiger partial charge on any atom is 0.349 e. The van der Waals surface area contributed by atoms with Gasteiger partial charge in [0.05, 0.1) is 6.61 Å². The zero-order valence-electron chi connectivity index (χ0n) is 14.4. The molecule has 134 valence electrons. The van der Waals surface area contributed by atoms with Crippen LogP contribution in [0.4, 0.5) is 0 Å². The maximum atomic E-state index is 12.0. The van der Waals surface area contributed by atoms with E-state index in [1.807, 2.05) is 49.4 Å². The molecule has 0 spiro atoms. The predicted molar refractivity (Wildman–Crippen MR) is 105 cm³/mol. The molecule has 3 rings (SSSR count). The molecule has 0 radical (unpaired) electrons. The summed E-state index contributed by atoms with van der Waals surface area (Å²) in [6, 6.07) is 18.7. The topological polar surface area (TPSA) is 44.8 Å². The average Bonchev–Trinajstić information content (AvgIpc) is 2.65.